The van der Waals surface area contributed by atoms with Crippen molar-refractivity contribution in [3.8, 4) is 5.75 Å². The summed E-state index contributed by atoms with van der Waals surface area (Å²) in [5, 5.41) is 3.75. The maximum Gasteiger partial charge on any atom is 0.260 e. The lowest BCUT2D eigenvalue weighted by molar-refractivity contribution is -0.127. The van der Waals surface area contributed by atoms with Crippen LogP contribution in [0.15, 0.2) is 28.7 Å². The van der Waals surface area contributed by atoms with Crippen molar-refractivity contribution in [1.82, 2.24) is 5.32 Å². The van der Waals surface area contributed by atoms with Crippen molar-refractivity contribution in [2.75, 3.05) is 12.3 Å². The Hall–Kier alpha value is -0.680. The molecule has 0 radical (unpaired) electrons. The Labute approximate surface area is 139 Å². The predicted molar refractivity (Wildman–Crippen MR) is 92.0 cm³/mol. The molecule has 1 aliphatic rings. The minimum absolute atomic E-state index is 0.0510. The summed E-state index contributed by atoms with van der Waals surface area (Å²) in [6.45, 7) is 2.50. The zero-order chi connectivity index (χ0) is 15.1. The average Bonchev–Trinajstić information content (AvgIpc) is 2.99. The number of amides is 1. The van der Waals surface area contributed by atoms with E-state index in [4.69, 9.17) is 4.74 Å². The molecule has 1 saturated carbocycles. The molecule has 0 heterocycles. The van der Waals surface area contributed by atoms with Gasteiger partial charge in [-0.1, -0.05) is 28.8 Å². The number of benzene rings is 1. The van der Waals surface area contributed by atoms with Crippen LogP contribution in [0.1, 0.15) is 32.6 Å². The highest BCUT2D eigenvalue weighted by molar-refractivity contribution is 9.10. The van der Waals surface area contributed by atoms with Crippen LogP contribution in [0.3, 0.4) is 0 Å². The van der Waals surface area contributed by atoms with Crippen LogP contribution in [0.5, 0.6) is 5.75 Å². The van der Waals surface area contributed by atoms with E-state index in [2.05, 4.69) is 21.2 Å². The quantitative estimate of drug-likeness (QED) is 0.735. The number of halogens is 1. The number of carbonyl (C=O) groups is 1. The number of carbonyl (C=O) groups excluding carboxylic acids is 1. The fourth-order valence-electron chi connectivity index (χ4n) is 2.37. The first-order valence-corrected chi connectivity index (χ1v) is 9.31. The predicted octanol–water partition coefficient (Wildman–Crippen LogP) is 4.01. The molecule has 1 aliphatic carbocycles. The molecular weight excluding hydrogens is 350 g/mol. The molecule has 1 aromatic rings. The average molecular weight is 372 g/mol. The Kier molecular flexibility index (Phi) is 6.90. The zero-order valence-corrected chi connectivity index (χ0v) is 14.7. The third kappa shape index (κ3) is 5.91. The second-order valence-electron chi connectivity index (χ2n) is 5.28. The molecule has 0 aromatic heterocycles. The lowest BCUT2D eigenvalue weighted by Gasteiger charge is -2.15. The van der Waals surface area contributed by atoms with E-state index >= 15 is 0 Å². The normalized spacial score (nSPS) is 16.7. The van der Waals surface area contributed by atoms with E-state index < -0.39 is 6.10 Å². The van der Waals surface area contributed by atoms with Crippen LogP contribution in [0, 0.1) is 0 Å². The number of nitrogens with one attached hydrogen (secondary N) is 1. The number of thioether (sulfide) groups is 1. The first kappa shape index (κ1) is 16.7. The van der Waals surface area contributed by atoms with Crippen molar-refractivity contribution in [2.24, 2.45) is 0 Å². The summed E-state index contributed by atoms with van der Waals surface area (Å²) in [5.41, 5.74) is 0. The molecular formula is C16H22BrNO2S. The highest BCUT2D eigenvalue weighted by Crippen LogP contribution is 2.28. The molecule has 2 rings (SSSR count). The Bertz CT molecular complexity index is 446. The van der Waals surface area contributed by atoms with Gasteiger partial charge in [-0.3, -0.25) is 4.79 Å². The van der Waals surface area contributed by atoms with Gasteiger partial charge in [-0.15, -0.1) is 0 Å². The summed E-state index contributed by atoms with van der Waals surface area (Å²) in [5.74, 6) is 1.65. The van der Waals surface area contributed by atoms with E-state index in [1.54, 1.807) is 6.92 Å². The molecule has 21 heavy (non-hydrogen) atoms. The molecule has 1 atom stereocenters. The standard InChI is InChI=1S/C16H22BrNO2S/c1-12(20-14-8-6-13(17)7-9-14)16(19)18-10-11-21-15-4-2-3-5-15/h6-9,12,15H,2-5,10-11H2,1H3,(H,18,19). The summed E-state index contributed by atoms with van der Waals surface area (Å²) in [4.78, 5) is 12.0. The molecule has 3 nitrogen and oxygen atoms in total. The molecule has 116 valence electrons. The van der Waals surface area contributed by atoms with Crippen molar-refractivity contribution in [1.29, 1.82) is 0 Å². The van der Waals surface area contributed by atoms with E-state index in [-0.39, 0.29) is 5.91 Å². The van der Waals surface area contributed by atoms with Crippen LogP contribution < -0.4 is 10.1 Å². The Morgan fingerprint density at radius 1 is 1.38 bits per heavy atom. The Morgan fingerprint density at radius 2 is 2.05 bits per heavy atom. The molecule has 1 unspecified atom stereocenters. The number of hydrogen-bond acceptors (Lipinski definition) is 3. The molecule has 5 heteroatoms. The van der Waals surface area contributed by atoms with Gasteiger partial charge in [0.05, 0.1) is 0 Å². The van der Waals surface area contributed by atoms with Crippen molar-refractivity contribution in [3.05, 3.63) is 28.7 Å². The minimum Gasteiger partial charge on any atom is -0.481 e. The third-order valence-corrected chi connectivity index (χ3v) is 5.46. The van der Waals surface area contributed by atoms with Crippen LogP contribution in [0.2, 0.25) is 0 Å². The van der Waals surface area contributed by atoms with Gasteiger partial charge in [0.15, 0.2) is 6.10 Å². The van der Waals surface area contributed by atoms with Crippen LogP contribution in [0.4, 0.5) is 0 Å². The van der Waals surface area contributed by atoms with E-state index in [9.17, 15) is 4.79 Å². The number of hydrogen-bond donors (Lipinski definition) is 1. The third-order valence-electron chi connectivity index (χ3n) is 3.55. The van der Waals surface area contributed by atoms with E-state index in [0.29, 0.717) is 12.3 Å². The molecule has 0 spiro atoms. The van der Waals surface area contributed by atoms with Gasteiger partial charge in [-0.2, -0.15) is 11.8 Å². The van der Waals surface area contributed by atoms with E-state index in [1.807, 2.05) is 36.0 Å². The second-order valence-corrected chi connectivity index (χ2v) is 7.61. The fraction of sp³-hybridized carbons (Fsp3) is 0.562. The molecule has 0 saturated heterocycles. The van der Waals surface area contributed by atoms with Gasteiger partial charge < -0.3 is 10.1 Å². The van der Waals surface area contributed by atoms with Crippen LogP contribution in [0.25, 0.3) is 0 Å². The van der Waals surface area contributed by atoms with Gasteiger partial charge in [-0.25, -0.2) is 0 Å². The van der Waals surface area contributed by atoms with Gasteiger partial charge in [0.25, 0.3) is 5.91 Å². The molecule has 1 amide bonds. The smallest absolute Gasteiger partial charge is 0.260 e. The Balaban J connectivity index is 1.63. The van der Waals surface area contributed by atoms with Gasteiger partial charge in [0.1, 0.15) is 5.75 Å². The largest absolute Gasteiger partial charge is 0.481 e. The lowest BCUT2D eigenvalue weighted by atomic mass is 10.3. The summed E-state index contributed by atoms with van der Waals surface area (Å²) in [7, 11) is 0. The van der Waals surface area contributed by atoms with Crippen LogP contribution >= 0.6 is 27.7 Å². The van der Waals surface area contributed by atoms with Gasteiger partial charge in [-0.05, 0) is 44.0 Å². The van der Waals surface area contributed by atoms with Crippen molar-refractivity contribution >= 4 is 33.6 Å². The summed E-state index contributed by atoms with van der Waals surface area (Å²) in [6, 6.07) is 7.50. The Morgan fingerprint density at radius 3 is 2.71 bits per heavy atom. The molecule has 0 aliphatic heterocycles. The molecule has 1 N–H and O–H groups in total. The molecule has 1 fully saturated rings. The van der Waals surface area contributed by atoms with E-state index in [1.165, 1.54) is 25.7 Å². The first-order valence-electron chi connectivity index (χ1n) is 7.46. The molecule has 0 bridgehead atoms. The zero-order valence-electron chi connectivity index (χ0n) is 12.3. The van der Waals surface area contributed by atoms with Crippen LogP contribution in [-0.4, -0.2) is 29.6 Å². The maximum absolute atomic E-state index is 12.0. The van der Waals surface area contributed by atoms with Crippen LogP contribution in [-0.2, 0) is 4.79 Å². The van der Waals surface area contributed by atoms with Crippen molar-refractivity contribution in [3.63, 3.8) is 0 Å². The summed E-state index contributed by atoms with van der Waals surface area (Å²) < 4.78 is 6.62. The second kappa shape index (κ2) is 8.69. The van der Waals surface area contributed by atoms with Crippen molar-refractivity contribution in [2.45, 2.75) is 44.0 Å². The first-order chi connectivity index (χ1) is 10.1. The highest BCUT2D eigenvalue weighted by atomic mass is 79.9. The molecule has 1 aromatic carbocycles. The number of ether oxygens (including phenoxy) is 1. The summed E-state index contributed by atoms with van der Waals surface area (Å²) in [6.07, 6.45) is 4.93. The monoisotopic (exact) mass is 371 g/mol. The van der Waals surface area contributed by atoms with Crippen molar-refractivity contribution < 1.29 is 9.53 Å². The minimum atomic E-state index is -0.470. The van der Waals surface area contributed by atoms with Gasteiger partial charge >= 0.3 is 0 Å². The topological polar surface area (TPSA) is 38.3 Å². The lowest BCUT2D eigenvalue weighted by Crippen LogP contribution is -2.37. The summed E-state index contributed by atoms with van der Waals surface area (Å²) >= 11 is 5.36. The fourth-order valence-corrected chi connectivity index (χ4v) is 3.85. The van der Waals surface area contributed by atoms with Gasteiger partial charge in [0.2, 0.25) is 0 Å². The SMILES string of the molecule is CC(Oc1ccc(Br)cc1)C(=O)NCCSC1CCCC1. The maximum atomic E-state index is 12.0. The highest BCUT2D eigenvalue weighted by Gasteiger charge is 2.16. The number of rotatable bonds is 7. The van der Waals surface area contributed by atoms with Gasteiger partial charge in [0, 0.05) is 22.0 Å². The van der Waals surface area contributed by atoms with E-state index in [0.717, 1.165) is 15.5 Å².